The molecule has 0 saturated carbocycles. The molecule has 1 saturated heterocycles. The number of benzene rings is 1. The Bertz CT molecular complexity index is 497. The number of rotatable bonds is 4. The van der Waals surface area contributed by atoms with Crippen molar-refractivity contribution < 1.29 is 9.90 Å². The standard InChI is InChI=1S/C16H23ClN2O2/c1-11(20)14-3-4-16(15(17)9-14)19-7-5-13(6-8-19)10-18-12(2)21/h3-4,9,11,13,20H,5-8,10H2,1-2H3,(H,18,21)/t11-/m0/s1. The fraction of sp³-hybridized carbons (Fsp3) is 0.562. The molecule has 4 nitrogen and oxygen atoms in total. The van der Waals surface area contributed by atoms with Crippen molar-refractivity contribution in [2.75, 3.05) is 24.5 Å². The molecule has 1 atom stereocenters. The number of hydrogen-bond donors (Lipinski definition) is 2. The van der Waals surface area contributed by atoms with Crippen LogP contribution in [-0.4, -0.2) is 30.6 Å². The van der Waals surface area contributed by atoms with Crippen molar-refractivity contribution in [1.29, 1.82) is 0 Å². The molecule has 0 unspecified atom stereocenters. The minimum absolute atomic E-state index is 0.0363. The molecule has 1 heterocycles. The quantitative estimate of drug-likeness (QED) is 0.899. The Kier molecular flexibility index (Phi) is 5.48. The smallest absolute Gasteiger partial charge is 0.216 e. The largest absolute Gasteiger partial charge is 0.389 e. The Morgan fingerprint density at radius 1 is 1.48 bits per heavy atom. The van der Waals surface area contributed by atoms with Gasteiger partial charge in [-0.15, -0.1) is 0 Å². The van der Waals surface area contributed by atoms with Gasteiger partial charge in [-0.3, -0.25) is 4.79 Å². The monoisotopic (exact) mass is 310 g/mol. The fourth-order valence-corrected chi connectivity index (χ4v) is 3.01. The molecule has 1 aliphatic rings. The van der Waals surface area contributed by atoms with Gasteiger partial charge in [0, 0.05) is 26.6 Å². The number of amides is 1. The van der Waals surface area contributed by atoms with Crippen LogP contribution in [0.1, 0.15) is 38.4 Å². The maximum Gasteiger partial charge on any atom is 0.216 e. The Hall–Kier alpha value is -1.26. The third-order valence-corrected chi connectivity index (χ3v) is 4.35. The summed E-state index contributed by atoms with van der Waals surface area (Å²) in [5.41, 5.74) is 1.86. The first-order valence-corrected chi connectivity index (χ1v) is 7.82. The van der Waals surface area contributed by atoms with Gasteiger partial charge < -0.3 is 15.3 Å². The molecule has 0 aliphatic carbocycles. The van der Waals surface area contributed by atoms with E-state index in [1.54, 1.807) is 13.8 Å². The molecule has 116 valence electrons. The average molecular weight is 311 g/mol. The first kappa shape index (κ1) is 16.1. The van der Waals surface area contributed by atoms with Crippen LogP contribution < -0.4 is 10.2 Å². The predicted octanol–water partition coefficient (Wildman–Crippen LogP) is 2.75. The van der Waals surface area contributed by atoms with E-state index in [0.29, 0.717) is 10.9 Å². The summed E-state index contributed by atoms with van der Waals surface area (Å²) in [6.45, 7) is 5.94. The van der Waals surface area contributed by atoms with E-state index >= 15 is 0 Å². The van der Waals surface area contributed by atoms with Crippen LogP contribution in [0.5, 0.6) is 0 Å². The zero-order valence-corrected chi connectivity index (χ0v) is 13.4. The number of hydrogen-bond acceptors (Lipinski definition) is 3. The summed E-state index contributed by atoms with van der Waals surface area (Å²) in [5.74, 6) is 0.579. The lowest BCUT2D eigenvalue weighted by Crippen LogP contribution is -2.38. The van der Waals surface area contributed by atoms with Gasteiger partial charge in [0.2, 0.25) is 5.91 Å². The maximum atomic E-state index is 10.9. The van der Waals surface area contributed by atoms with Crippen LogP contribution in [0.4, 0.5) is 5.69 Å². The zero-order chi connectivity index (χ0) is 15.4. The Balaban J connectivity index is 1.94. The molecule has 2 N–H and O–H groups in total. The minimum Gasteiger partial charge on any atom is -0.389 e. The lowest BCUT2D eigenvalue weighted by atomic mass is 9.96. The van der Waals surface area contributed by atoms with Crippen molar-refractivity contribution in [3.63, 3.8) is 0 Å². The maximum absolute atomic E-state index is 10.9. The van der Waals surface area contributed by atoms with Crippen molar-refractivity contribution in [3.8, 4) is 0 Å². The molecule has 5 heteroatoms. The van der Waals surface area contributed by atoms with Gasteiger partial charge in [-0.05, 0) is 43.4 Å². The number of anilines is 1. The number of nitrogens with one attached hydrogen (secondary N) is 1. The minimum atomic E-state index is -0.500. The summed E-state index contributed by atoms with van der Waals surface area (Å²) < 4.78 is 0. The molecule has 0 radical (unpaired) electrons. The molecule has 1 aromatic rings. The molecule has 0 bridgehead atoms. The van der Waals surface area contributed by atoms with Crippen LogP contribution in [0.25, 0.3) is 0 Å². The summed E-state index contributed by atoms with van der Waals surface area (Å²) in [6, 6.07) is 5.75. The fourth-order valence-electron chi connectivity index (χ4n) is 2.71. The van der Waals surface area contributed by atoms with E-state index in [1.807, 2.05) is 18.2 Å². The lowest BCUT2D eigenvalue weighted by Gasteiger charge is -2.34. The van der Waals surface area contributed by atoms with Crippen molar-refractivity contribution >= 4 is 23.2 Å². The number of aliphatic hydroxyl groups excluding tert-OH is 1. The van der Waals surface area contributed by atoms with Crippen LogP contribution in [-0.2, 0) is 4.79 Å². The molecule has 0 spiro atoms. The highest BCUT2D eigenvalue weighted by Crippen LogP contribution is 2.31. The number of piperidine rings is 1. The molecular weight excluding hydrogens is 288 g/mol. The Morgan fingerprint density at radius 3 is 2.67 bits per heavy atom. The molecule has 1 aromatic carbocycles. The van der Waals surface area contributed by atoms with Crippen LogP contribution in [0.2, 0.25) is 5.02 Å². The van der Waals surface area contributed by atoms with E-state index in [0.717, 1.165) is 43.7 Å². The third-order valence-electron chi connectivity index (χ3n) is 4.05. The van der Waals surface area contributed by atoms with Gasteiger partial charge >= 0.3 is 0 Å². The van der Waals surface area contributed by atoms with Gasteiger partial charge in [-0.1, -0.05) is 17.7 Å². The normalized spacial score (nSPS) is 17.6. The second-order valence-electron chi connectivity index (χ2n) is 5.75. The molecule has 1 aliphatic heterocycles. The number of carbonyl (C=O) groups excluding carboxylic acids is 1. The molecule has 1 fully saturated rings. The van der Waals surface area contributed by atoms with Crippen LogP contribution in [0.3, 0.4) is 0 Å². The second kappa shape index (κ2) is 7.14. The predicted molar refractivity (Wildman–Crippen MR) is 85.7 cm³/mol. The number of nitrogens with zero attached hydrogens (tertiary/aromatic N) is 1. The first-order chi connectivity index (χ1) is 9.97. The lowest BCUT2D eigenvalue weighted by molar-refractivity contribution is -0.119. The molecule has 0 aromatic heterocycles. The van der Waals surface area contributed by atoms with Crippen LogP contribution >= 0.6 is 11.6 Å². The van der Waals surface area contributed by atoms with Crippen molar-refractivity contribution in [2.24, 2.45) is 5.92 Å². The summed E-state index contributed by atoms with van der Waals surface area (Å²) in [6.07, 6.45) is 1.60. The molecule has 1 amide bonds. The molecule has 21 heavy (non-hydrogen) atoms. The summed E-state index contributed by atoms with van der Waals surface area (Å²) >= 11 is 6.34. The van der Waals surface area contributed by atoms with E-state index < -0.39 is 6.10 Å². The average Bonchev–Trinajstić information content (AvgIpc) is 2.45. The van der Waals surface area contributed by atoms with Gasteiger partial charge in [0.05, 0.1) is 16.8 Å². The summed E-state index contributed by atoms with van der Waals surface area (Å²) in [5, 5.41) is 13.2. The number of aliphatic hydroxyl groups is 1. The van der Waals surface area contributed by atoms with E-state index in [1.165, 1.54) is 0 Å². The van der Waals surface area contributed by atoms with Gasteiger partial charge in [0.15, 0.2) is 0 Å². The van der Waals surface area contributed by atoms with Crippen molar-refractivity contribution in [2.45, 2.75) is 32.8 Å². The Labute approximate surface area is 131 Å². The topological polar surface area (TPSA) is 52.6 Å². The van der Waals surface area contributed by atoms with Crippen molar-refractivity contribution in [1.82, 2.24) is 5.32 Å². The molecule has 2 rings (SSSR count). The second-order valence-corrected chi connectivity index (χ2v) is 6.16. The van der Waals surface area contributed by atoms with Crippen molar-refractivity contribution in [3.05, 3.63) is 28.8 Å². The van der Waals surface area contributed by atoms with Gasteiger partial charge in [-0.2, -0.15) is 0 Å². The highest BCUT2D eigenvalue weighted by Gasteiger charge is 2.21. The highest BCUT2D eigenvalue weighted by molar-refractivity contribution is 6.33. The molecular formula is C16H23ClN2O2. The Morgan fingerprint density at radius 2 is 2.14 bits per heavy atom. The van der Waals surface area contributed by atoms with Gasteiger partial charge in [-0.25, -0.2) is 0 Å². The number of carbonyl (C=O) groups is 1. The van der Waals surface area contributed by atoms with E-state index in [-0.39, 0.29) is 5.91 Å². The van der Waals surface area contributed by atoms with Crippen LogP contribution in [0.15, 0.2) is 18.2 Å². The SMILES string of the molecule is CC(=O)NCC1CCN(c2ccc([C@H](C)O)cc2Cl)CC1. The van der Waals surface area contributed by atoms with Gasteiger partial charge in [0.1, 0.15) is 0 Å². The third kappa shape index (κ3) is 4.35. The summed E-state index contributed by atoms with van der Waals surface area (Å²) in [4.78, 5) is 13.2. The van der Waals surface area contributed by atoms with E-state index in [9.17, 15) is 9.90 Å². The van der Waals surface area contributed by atoms with Gasteiger partial charge in [0.25, 0.3) is 0 Å². The first-order valence-electron chi connectivity index (χ1n) is 7.44. The van der Waals surface area contributed by atoms with E-state index in [4.69, 9.17) is 11.6 Å². The number of halogens is 1. The zero-order valence-electron chi connectivity index (χ0n) is 12.6. The van der Waals surface area contributed by atoms with Crippen LogP contribution in [0, 0.1) is 5.92 Å². The summed E-state index contributed by atoms with van der Waals surface area (Å²) in [7, 11) is 0. The van der Waals surface area contributed by atoms with E-state index in [2.05, 4.69) is 10.2 Å². The highest BCUT2D eigenvalue weighted by atomic mass is 35.5.